The lowest BCUT2D eigenvalue weighted by atomic mass is 10.0. The molecule has 0 bridgehead atoms. The molecule has 1 saturated carbocycles. The first kappa shape index (κ1) is 7.73. The molecule has 1 aromatic rings. The first-order valence-electron chi connectivity index (χ1n) is 3.88. The maximum Gasteiger partial charge on any atom is 0.229 e. The molecule has 3 nitrogen and oxygen atoms in total. The third-order valence-electron chi connectivity index (χ3n) is 2.33. The molecule has 64 valence electrons. The van der Waals surface area contributed by atoms with Gasteiger partial charge in [-0.15, -0.1) is 11.3 Å². The fourth-order valence-electron chi connectivity index (χ4n) is 1.34. The van der Waals surface area contributed by atoms with Gasteiger partial charge in [0.1, 0.15) is 0 Å². The van der Waals surface area contributed by atoms with Crippen LogP contribution in [0.1, 0.15) is 23.5 Å². The van der Waals surface area contributed by atoms with Gasteiger partial charge in [-0.05, 0) is 19.8 Å². The lowest BCUT2D eigenvalue weighted by Crippen LogP contribution is -2.28. The van der Waals surface area contributed by atoms with Crippen molar-refractivity contribution in [1.29, 1.82) is 0 Å². The number of nitrogens with two attached hydrogens (primary N) is 1. The molecule has 0 aromatic carbocycles. The fraction of sp³-hybridized carbons (Fsp3) is 0.500. The van der Waals surface area contributed by atoms with Crippen LogP contribution in [0.4, 0.5) is 0 Å². The molecule has 1 amide bonds. The minimum Gasteiger partial charge on any atom is -0.369 e. The van der Waals surface area contributed by atoms with Crippen molar-refractivity contribution in [3.8, 4) is 0 Å². The summed E-state index contributed by atoms with van der Waals surface area (Å²) in [6.07, 6.45) is 1.73. The zero-order valence-electron chi connectivity index (χ0n) is 6.83. The molecule has 0 saturated heterocycles. The van der Waals surface area contributed by atoms with E-state index in [-0.39, 0.29) is 5.91 Å². The van der Waals surface area contributed by atoms with Crippen molar-refractivity contribution < 1.29 is 4.79 Å². The van der Waals surface area contributed by atoms with Crippen molar-refractivity contribution in [2.75, 3.05) is 0 Å². The Hall–Kier alpha value is -0.900. The van der Waals surface area contributed by atoms with Crippen molar-refractivity contribution in [3.63, 3.8) is 0 Å². The van der Waals surface area contributed by atoms with Gasteiger partial charge < -0.3 is 5.73 Å². The van der Waals surface area contributed by atoms with E-state index in [1.807, 2.05) is 12.3 Å². The van der Waals surface area contributed by atoms with Crippen LogP contribution >= 0.6 is 11.3 Å². The van der Waals surface area contributed by atoms with Gasteiger partial charge in [-0.3, -0.25) is 4.79 Å². The average Bonchev–Trinajstić information content (AvgIpc) is 2.71. The molecule has 4 heteroatoms. The second-order valence-corrected chi connectivity index (χ2v) is 4.26. The predicted molar refractivity (Wildman–Crippen MR) is 47.0 cm³/mol. The number of thiazole rings is 1. The number of rotatable bonds is 2. The summed E-state index contributed by atoms with van der Waals surface area (Å²) in [4.78, 5) is 15.4. The maximum absolute atomic E-state index is 11.1. The minimum atomic E-state index is -0.398. The zero-order chi connectivity index (χ0) is 8.77. The Morgan fingerprint density at radius 3 is 2.75 bits per heavy atom. The van der Waals surface area contributed by atoms with E-state index in [9.17, 15) is 4.79 Å². The Labute approximate surface area is 74.6 Å². The van der Waals surface area contributed by atoms with Gasteiger partial charge >= 0.3 is 0 Å². The summed E-state index contributed by atoms with van der Waals surface area (Å²) in [6, 6.07) is 0. The van der Waals surface area contributed by atoms with Gasteiger partial charge in [-0.25, -0.2) is 4.98 Å². The monoisotopic (exact) mass is 182 g/mol. The van der Waals surface area contributed by atoms with Gasteiger partial charge in [0.2, 0.25) is 5.91 Å². The molecule has 1 fully saturated rings. The highest BCUT2D eigenvalue weighted by Crippen LogP contribution is 2.47. The molecule has 2 N–H and O–H groups in total. The van der Waals surface area contributed by atoms with Gasteiger partial charge in [0.25, 0.3) is 0 Å². The minimum absolute atomic E-state index is 0.229. The van der Waals surface area contributed by atoms with E-state index in [1.165, 1.54) is 0 Å². The number of nitrogens with zero attached hydrogens (tertiary/aromatic N) is 1. The van der Waals surface area contributed by atoms with Gasteiger partial charge in [0.15, 0.2) is 0 Å². The fourth-order valence-corrected chi connectivity index (χ4v) is 2.05. The summed E-state index contributed by atoms with van der Waals surface area (Å²) < 4.78 is 0. The van der Waals surface area contributed by atoms with Crippen LogP contribution in [0.3, 0.4) is 0 Å². The van der Waals surface area contributed by atoms with Crippen LogP contribution in [0, 0.1) is 6.92 Å². The largest absolute Gasteiger partial charge is 0.369 e. The summed E-state index contributed by atoms with van der Waals surface area (Å²) in [7, 11) is 0. The molecule has 1 aliphatic carbocycles. The molecule has 0 unspecified atom stereocenters. The Balaban J connectivity index is 2.36. The summed E-state index contributed by atoms with van der Waals surface area (Å²) >= 11 is 1.57. The molecule has 0 spiro atoms. The van der Waals surface area contributed by atoms with Gasteiger partial charge in [0, 0.05) is 5.38 Å². The van der Waals surface area contributed by atoms with E-state index in [1.54, 1.807) is 11.3 Å². The Bertz CT molecular complexity index is 328. The number of carbonyl (C=O) groups excluding carboxylic acids is 1. The van der Waals surface area contributed by atoms with Crippen LogP contribution < -0.4 is 5.73 Å². The van der Waals surface area contributed by atoms with Crippen molar-refractivity contribution in [1.82, 2.24) is 4.98 Å². The SMILES string of the molecule is Cc1nc(C2(C(N)=O)CC2)cs1. The number of hydrogen-bond donors (Lipinski definition) is 1. The highest BCUT2D eigenvalue weighted by Gasteiger charge is 2.51. The second kappa shape index (κ2) is 2.29. The molecular weight excluding hydrogens is 172 g/mol. The Morgan fingerprint density at radius 2 is 2.42 bits per heavy atom. The highest BCUT2D eigenvalue weighted by atomic mass is 32.1. The van der Waals surface area contributed by atoms with Crippen molar-refractivity contribution in [2.45, 2.75) is 25.2 Å². The molecule has 2 rings (SSSR count). The van der Waals surface area contributed by atoms with E-state index in [0.717, 1.165) is 23.5 Å². The number of hydrogen-bond acceptors (Lipinski definition) is 3. The summed E-state index contributed by atoms with van der Waals surface area (Å²) in [5, 5.41) is 2.94. The molecule has 1 aliphatic rings. The zero-order valence-corrected chi connectivity index (χ0v) is 7.65. The molecule has 12 heavy (non-hydrogen) atoms. The van der Waals surface area contributed by atoms with Crippen LogP contribution in [0.5, 0.6) is 0 Å². The standard InChI is InChI=1S/C8H10N2OS/c1-5-10-6(4-12-5)8(2-3-8)7(9)11/h4H,2-3H2,1H3,(H2,9,11). The first-order chi connectivity index (χ1) is 5.65. The molecule has 1 aromatic heterocycles. The topological polar surface area (TPSA) is 56.0 Å². The van der Waals surface area contributed by atoms with Crippen LogP contribution in [-0.2, 0) is 10.2 Å². The smallest absolute Gasteiger partial charge is 0.229 e. The number of carbonyl (C=O) groups is 1. The van der Waals surface area contributed by atoms with Crippen LogP contribution in [-0.4, -0.2) is 10.9 Å². The molecule has 1 heterocycles. The maximum atomic E-state index is 11.1. The van der Waals surface area contributed by atoms with E-state index < -0.39 is 5.41 Å². The van der Waals surface area contributed by atoms with E-state index in [2.05, 4.69) is 4.98 Å². The van der Waals surface area contributed by atoms with Crippen molar-refractivity contribution in [3.05, 3.63) is 16.1 Å². The highest BCUT2D eigenvalue weighted by molar-refractivity contribution is 7.09. The van der Waals surface area contributed by atoms with E-state index in [0.29, 0.717) is 0 Å². The number of primary amides is 1. The van der Waals surface area contributed by atoms with Crippen molar-refractivity contribution >= 4 is 17.2 Å². The van der Waals surface area contributed by atoms with Gasteiger partial charge in [0.05, 0.1) is 16.1 Å². The summed E-state index contributed by atoms with van der Waals surface area (Å²) in [5.41, 5.74) is 5.77. The lowest BCUT2D eigenvalue weighted by molar-refractivity contribution is -0.120. The van der Waals surface area contributed by atoms with Crippen LogP contribution in [0.15, 0.2) is 5.38 Å². The van der Waals surface area contributed by atoms with Gasteiger partial charge in [-0.2, -0.15) is 0 Å². The molecule has 0 aliphatic heterocycles. The summed E-state index contributed by atoms with van der Waals surface area (Å²) in [6.45, 7) is 1.94. The third kappa shape index (κ3) is 0.948. The van der Waals surface area contributed by atoms with Gasteiger partial charge in [-0.1, -0.05) is 0 Å². The molecule has 0 atom stereocenters. The normalized spacial score (nSPS) is 19.1. The second-order valence-electron chi connectivity index (χ2n) is 3.20. The van der Waals surface area contributed by atoms with Crippen LogP contribution in [0.25, 0.3) is 0 Å². The Kier molecular flexibility index (Phi) is 1.48. The van der Waals surface area contributed by atoms with Crippen LogP contribution in [0.2, 0.25) is 0 Å². The van der Waals surface area contributed by atoms with E-state index in [4.69, 9.17) is 5.73 Å². The quantitative estimate of drug-likeness (QED) is 0.741. The number of amides is 1. The predicted octanol–water partition coefficient (Wildman–Crippen LogP) is 0.968. The van der Waals surface area contributed by atoms with Crippen molar-refractivity contribution in [2.24, 2.45) is 5.73 Å². The third-order valence-corrected chi connectivity index (χ3v) is 3.10. The summed E-state index contributed by atoms with van der Waals surface area (Å²) in [5.74, 6) is -0.229. The number of aryl methyl sites for hydroxylation is 1. The average molecular weight is 182 g/mol. The number of aromatic nitrogens is 1. The lowest BCUT2D eigenvalue weighted by Gasteiger charge is -2.05. The molecular formula is C8H10N2OS. The Morgan fingerprint density at radius 1 is 1.75 bits per heavy atom. The molecule has 0 radical (unpaired) electrons. The first-order valence-corrected chi connectivity index (χ1v) is 4.76. The van der Waals surface area contributed by atoms with E-state index >= 15 is 0 Å².